The lowest BCUT2D eigenvalue weighted by molar-refractivity contribution is -0.140. The van der Waals surface area contributed by atoms with Crippen LogP contribution in [0.5, 0.6) is 0 Å². The van der Waals surface area contributed by atoms with Crippen LogP contribution < -0.4 is 0 Å². The second-order valence-corrected chi connectivity index (χ2v) is 7.85. The number of hydrogen-bond acceptors (Lipinski definition) is 5. The van der Waals surface area contributed by atoms with Crippen molar-refractivity contribution in [3.8, 4) is 0 Å². The highest BCUT2D eigenvalue weighted by molar-refractivity contribution is 7.85. The zero-order valence-electron chi connectivity index (χ0n) is 16.4. The van der Waals surface area contributed by atoms with Gasteiger partial charge in [-0.15, -0.1) is 0 Å². The molecule has 0 amide bonds. The summed E-state index contributed by atoms with van der Waals surface area (Å²) in [5, 5.41) is 19.2. The van der Waals surface area contributed by atoms with E-state index in [1.807, 2.05) is 6.07 Å². The fraction of sp³-hybridized carbons (Fsp3) is 0.136. The van der Waals surface area contributed by atoms with Crippen LogP contribution in [0.25, 0.3) is 0 Å². The molecular formula is C22H19F3O6S. The van der Waals surface area contributed by atoms with Gasteiger partial charge in [-0.25, -0.2) is 0 Å². The third-order valence-corrected chi connectivity index (χ3v) is 5.20. The lowest BCUT2D eigenvalue weighted by Gasteiger charge is -2.12. The van der Waals surface area contributed by atoms with Gasteiger partial charge in [0.05, 0.1) is 12.2 Å². The van der Waals surface area contributed by atoms with Gasteiger partial charge in [0.25, 0.3) is 10.1 Å². The van der Waals surface area contributed by atoms with Gasteiger partial charge in [0.2, 0.25) is 0 Å². The smallest absolute Gasteiger partial charge is 0.392 e. The maximum Gasteiger partial charge on any atom is 0.417 e. The molecule has 0 fully saturated rings. The van der Waals surface area contributed by atoms with E-state index in [9.17, 15) is 36.6 Å². The van der Waals surface area contributed by atoms with Crippen LogP contribution in [0.2, 0.25) is 0 Å². The van der Waals surface area contributed by atoms with Crippen molar-refractivity contribution in [1.29, 1.82) is 0 Å². The average Bonchev–Trinajstić information content (AvgIpc) is 2.78. The normalized spacial score (nSPS) is 12.4. The van der Waals surface area contributed by atoms with Gasteiger partial charge in [-0.2, -0.15) is 21.6 Å². The summed E-state index contributed by atoms with van der Waals surface area (Å²) in [6.45, 7) is -0.219. The summed E-state index contributed by atoms with van der Waals surface area (Å²) in [4.78, 5) is 11.0. The Morgan fingerprint density at radius 2 is 1.41 bits per heavy atom. The number of aliphatic hydroxyl groups excluding tert-OH is 2. The van der Waals surface area contributed by atoms with E-state index in [1.54, 1.807) is 48.5 Å². The Morgan fingerprint density at radius 3 is 1.94 bits per heavy atom. The van der Waals surface area contributed by atoms with Crippen LogP contribution in [-0.4, -0.2) is 29.0 Å². The van der Waals surface area contributed by atoms with Crippen molar-refractivity contribution in [2.24, 2.45) is 0 Å². The summed E-state index contributed by atoms with van der Waals surface area (Å²) in [5.41, 5.74) is 0.0616. The molecule has 0 heterocycles. The standard InChI is InChI=1S/C15H14O3.C7H5F3O3S/c16-10-12-8-4-5-9-13(12)15(18)14(17)11-6-2-1-3-7-11;8-7(9,10)5-3-1-2-4-6(5)14(11,12)13/h1-9,14,16-17H,10H2;1-4H,(H,11,12,13). The van der Waals surface area contributed by atoms with Gasteiger partial charge in [-0.1, -0.05) is 66.7 Å². The van der Waals surface area contributed by atoms with Crippen molar-refractivity contribution >= 4 is 15.9 Å². The number of carbonyl (C=O) groups is 1. The number of benzene rings is 3. The number of rotatable bonds is 5. The summed E-state index contributed by atoms with van der Waals surface area (Å²) in [7, 11) is -4.84. The summed E-state index contributed by atoms with van der Waals surface area (Å²) in [6, 6.07) is 18.9. The second-order valence-electron chi connectivity index (χ2n) is 6.46. The first-order valence-corrected chi connectivity index (χ1v) is 10.5. The zero-order valence-corrected chi connectivity index (χ0v) is 17.2. The number of alkyl halides is 3. The number of Topliss-reactive ketones (excluding diaryl/α,β-unsaturated/α-hetero) is 1. The molecule has 3 aromatic carbocycles. The molecule has 0 radical (unpaired) electrons. The number of aliphatic hydroxyl groups is 2. The van der Waals surface area contributed by atoms with Crippen LogP contribution in [0.1, 0.15) is 33.2 Å². The molecule has 3 aromatic rings. The van der Waals surface area contributed by atoms with E-state index in [0.29, 0.717) is 28.8 Å². The Balaban J connectivity index is 0.000000235. The maximum atomic E-state index is 12.2. The van der Waals surface area contributed by atoms with Gasteiger partial charge in [-0.05, 0) is 23.3 Å². The monoisotopic (exact) mass is 468 g/mol. The van der Waals surface area contributed by atoms with Crippen molar-refractivity contribution < 1.29 is 41.1 Å². The van der Waals surface area contributed by atoms with Gasteiger partial charge >= 0.3 is 6.18 Å². The highest BCUT2D eigenvalue weighted by atomic mass is 32.2. The molecule has 0 aliphatic carbocycles. The van der Waals surface area contributed by atoms with Gasteiger partial charge in [0.1, 0.15) is 11.0 Å². The van der Waals surface area contributed by atoms with E-state index in [0.717, 1.165) is 12.1 Å². The van der Waals surface area contributed by atoms with E-state index in [4.69, 9.17) is 4.55 Å². The Hall–Kier alpha value is -3.05. The van der Waals surface area contributed by atoms with Gasteiger partial charge in [-0.3, -0.25) is 9.35 Å². The van der Waals surface area contributed by atoms with E-state index in [1.165, 1.54) is 0 Å². The van der Waals surface area contributed by atoms with E-state index in [2.05, 4.69) is 0 Å². The highest BCUT2D eigenvalue weighted by Crippen LogP contribution is 2.33. The summed E-state index contributed by atoms with van der Waals surface area (Å²) >= 11 is 0. The fourth-order valence-corrected chi connectivity index (χ4v) is 3.47. The minimum Gasteiger partial charge on any atom is -0.392 e. The van der Waals surface area contributed by atoms with E-state index < -0.39 is 38.6 Å². The summed E-state index contributed by atoms with van der Waals surface area (Å²) in [6.07, 6.45) is -5.99. The predicted octanol–water partition coefficient (Wildman–Crippen LogP) is 4.05. The number of carbonyl (C=O) groups excluding carboxylic acids is 1. The number of ketones is 1. The van der Waals surface area contributed by atoms with Gasteiger partial charge in [0, 0.05) is 5.56 Å². The molecule has 0 saturated carbocycles. The van der Waals surface area contributed by atoms with E-state index in [-0.39, 0.29) is 6.61 Å². The lowest BCUT2D eigenvalue weighted by Crippen LogP contribution is -2.14. The van der Waals surface area contributed by atoms with E-state index >= 15 is 0 Å². The molecule has 0 bridgehead atoms. The van der Waals surface area contributed by atoms with Crippen LogP contribution in [0.4, 0.5) is 13.2 Å². The molecule has 1 unspecified atom stereocenters. The molecule has 0 aromatic heterocycles. The van der Waals surface area contributed by atoms with Crippen molar-refractivity contribution in [2.45, 2.75) is 23.8 Å². The second kappa shape index (κ2) is 10.5. The summed E-state index contributed by atoms with van der Waals surface area (Å²) in [5.74, 6) is -0.397. The largest absolute Gasteiger partial charge is 0.417 e. The first-order chi connectivity index (χ1) is 15.0. The molecule has 1 atom stereocenters. The Kier molecular flexibility index (Phi) is 8.28. The van der Waals surface area contributed by atoms with Crippen LogP contribution in [-0.2, 0) is 22.9 Å². The van der Waals surface area contributed by atoms with Crippen molar-refractivity contribution in [1.82, 2.24) is 0 Å². The fourth-order valence-electron chi connectivity index (χ4n) is 2.76. The molecule has 3 N–H and O–H groups in total. The molecule has 32 heavy (non-hydrogen) atoms. The zero-order chi connectivity index (χ0) is 23.9. The molecule has 3 rings (SSSR count). The quantitative estimate of drug-likeness (QED) is 0.385. The highest BCUT2D eigenvalue weighted by Gasteiger charge is 2.36. The number of halogens is 3. The minimum absolute atomic E-state index is 0.219. The molecule has 0 aliphatic rings. The first kappa shape index (κ1) is 25.2. The topological polar surface area (TPSA) is 112 Å². The maximum absolute atomic E-state index is 12.2. The van der Waals surface area contributed by atoms with Crippen molar-refractivity contribution in [3.05, 3.63) is 101 Å². The Bertz CT molecular complexity index is 1160. The Morgan fingerprint density at radius 1 is 0.875 bits per heavy atom. The lowest BCUT2D eigenvalue weighted by atomic mass is 9.96. The molecule has 6 nitrogen and oxygen atoms in total. The predicted molar refractivity (Wildman–Crippen MR) is 109 cm³/mol. The third kappa shape index (κ3) is 6.47. The summed E-state index contributed by atoms with van der Waals surface area (Å²) < 4.78 is 66.2. The molecular weight excluding hydrogens is 449 g/mol. The molecule has 0 spiro atoms. The number of hydrogen-bond donors (Lipinski definition) is 3. The SMILES string of the molecule is O=C(c1ccccc1CO)C(O)c1ccccc1.O=S(=O)(O)c1ccccc1C(F)(F)F. The van der Waals surface area contributed by atoms with Crippen molar-refractivity contribution in [3.63, 3.8) is 0 Å². The average molecular weight is 468 g/mol. The third-order valence-electron chi connectivity index (χ3n) is 4.29. The van der Waals surface area contributed by atoms with Crippen LogP contribution >= 0.6 is 0 Å². The van der Waals surface area contributed by atoms with Crippen LogP contribution in [0.15, 0.2) is 83.8 Å². The molecule has 10 heteroatoms. The molecule has 0 aliphatic heterocycles. The molecule has 170 valence electrons. The van der Waals surface area contributed by atoms with Gasteiger partial charge < -0.3 is 10.2 Å². The minimum atomic E-state index is -4.84. The van der Waals surface area contributed by atoms with Crippen LogP contribution in [0, 0.1) is 0 Å². The van der Waals surface area contributed by atoms with Gasteiger partial charge in [0.15, 0.2) is 5.78 Å². The Labute approximate surface area is 182 Å². The first-order valence-electron chi connectivity index (χ1n) is 9.06. The van der Waals surface area contributed by atoms with Crippen LogP contribution in [0.3, 0.4) is 0 Å². The van der Waals surface area contributed by atoms with Crippen molar-refractivity contribution in [2.75, 3.05) is 0 Å². The molecule has 0 saturated heterocycles.